The van der Waals surface area contributed by atoms with Gasteiger partial charge in [-0.25, -0.2) is 0 Å². The molecule has 0 spiro atoms. The van der Waals surface area contributed by atoms with E-state index in [4.69, 9.17) is 0 Å². The summed E-state index contributed by atoms with van der Waals surface area (Å²) in [6.07, 6.45) is 0.785. The molecule has 1 atom stereocenters. The number of amides is 2. The lowest BCUT2D eigenvalue weighted by molar-refractivity contribution is -0.122. The molecule has 0 radical (unpaired) electrons. The highest BCUT2D eigenvalue weighted by Crippen LogP contribution is 2.27. The Hall–Kier alpha value is -2.64. The SMILES string of the molecule is CCC(C)N1Cc2c(n(CC(=O)NC(C)C)c3cc(C(C)(C)C)nn3c2=O)C1=O. The largest absolute Gasteiger partial charge is 0.352 e. The second kappa shape index (κ2) is 7.31. The Balaban J connectivity index is 2.25. The molecule has 0 fully saturated rings. The normalized spacial score (nSPS) is 15.3. The van der Waals surface area contributed by atoms with Gasteiger partial charge in [-0.3, -0.25) is 14.4 Å². The predicted molar refractivity (Wildman–Crippen MR) is 111 cm³/mol. The fourth-order valence-electron chi connectivity index (χ4n) is 3.60. The molecule has 0 aromatic carbocycles. The van der Waals surface area contributed by atoms with Crippen LogP contribution in [-0.4, -0.2) is 43.0 Å². The zero-order chi connectivity index (χ0) is 21.7. The molecule has 0 aliphatic carbocycles. The zero-order valence-corrected chi connectivity index (χ0v) is 18.4. The second-order valence-electron chi connectivity index (χ2n) is 9.18. The van der Waals surface area contributed by atoms with Gasteiger partial charge in [0, 0.05) is 23.6 Å². The first-order valence-electron chi connectivity index (χ1n) is 10.2. The molecule has 3 rings (SSSR count). The fraction of sp³-hybridized carbons (Fsp3) is 0.619. The highest BCUT2D eigenvalue weighted by Gasteiger charge is 2.37. The maximum atomic E-state index is 13.2. The molecule has 0 saturated carbocycles. The van der Waals surface area contributed by atoms with Crippen LogP contribution >= 0.6 is 0 Å². The van der Waals surface area contributed by atoms with Crippen LogP contribution in [0.15, 0.2) is 10.9 Å². The molecule has 29 heavy (non-hydrogen) atoms. The number of carbonyl (C=O) groups excluding carboxylic acids is 2. The predicted octanol–water partition coefficient (Wildman–Crippen LogP) is 2.07. The van der Waals surface area contributed by atoms with Gasteiger partial charge < -0.3 is 14.8 Å². The molecule has 8 heteroatoms. The fourth-order valence-corrected chi connectivity index (χ4v) is 3.60. The highest BCUT2D eigenvalue weighted by atomic mass is 16.2. The molecule has 2 amide bonds. The van der Waals surface area contributed by atoms with Gasteiger partial charge in [0.1, 0.15) is 17.9 Å². The van der Waals surface area contributed by atoms with Gasteiger partial charge in [0.2, 0.25) is 5.91 Å². The summed E-state index contributed by atoms with van der Waals surface area (Å²) < 4.78 is 3.00. The summed E-state index contributed by atoms with van der Waals surface area (Å²) in [5.41, 5.74) is 1.36. The Morgan fingerprint density at radius 2 is 1.90 bits per heavy atom. The Morgan fingerprint density at radius 1 is 1.24 bits per heavy atom. The average molecular weight is 402 g/mol. The first-order valence-corrected chi connectivity index (χ1v) is 10.2. The Kier molecular flexibility index (Phi) is 5.32. The lowest BCUT2D eigenvalue weighted by Gasteiger charge is -2.22. The van der Waals surface area contributed by atoms with Gasteiger partial charge in [0.05, 0.1) is 17.8 Å². The minimum atomic E-state index is -0.287. The lowest BCUT2D eigenvalue weighted by atomic mass is 9.93. The van der Waals surface area contributed by atoms with E-state index in [-0.39, 0.29) is 48.0 Å². The molecule has 8 nitrogen and oxygen atoms in total. The number of hydrogen-bond acceptors (Lipinski definition) is 4. The summed E-state index contributed by atoms with van der Waals surface area (Å²) in [6, 6.07) is 1.79. The van der Waals surface area contributed by atoms with Crippen molar-refractivity contribution in [3.8, 4) is 0 Å². The van der Waals surface area contributed by atoms with E-state index in [1.54, 1.807) is 9.47 Å². The van der Waals surface area contributed by atoms with Crippen molar-refractivity contribution in [3.63, 3.8) is 0 Å². The van der Waals surface area contributed by atoms with Crippen molar-refractivity contribution in [2.24, 2.45) is 0 Å². The Morgan fingerprint density at radius 3 is 2.45 bits per heavy atom. The van der Waals surface area contributed by atoms with Crippen molar-refractivity contribution in [1.82, 2.24) is 24.4 Å². The molecule has 2 aromatic rings. The molecule has 1 aliphatic rings. The standard InChI is InChI=1S/C21H31N5O3/c1-8-13(4)24-10-14-18(20(24)29)25(11-16(27)22-12(2)3)17-9-15(21(5,6)7)23-26(17)19(14)28/h9,12-13H,8,10-11H2,1-7H3,(H,22,27). The van der Waals surface area contributed by atoms with Crippen LogP contribution in [0.25, 0.3) is 5.65 Å². The molecule has 1 N–H and O–H groups in total. The van der Waals surface area contributed by atoms with E-state index in [0.29, 0.717) is 16.9 Å². The number of carbonyl (C=O) groups is 2. The van der Waals surface area contributed by atoms with E-state index < -0.39 is 0 Å². The Bertz CT molecular complexity index is 1030. The van der Waals surface area contributed by atoms with Crippen molar-refractivity contribution < 1.29 is 9.59 Å². The molecule has 3 heterocycles. The first-order chi connectivity index (χ1) is 13.5. The first kappa shape index (κ1) is 21.1. The zero-order valence-electron chi connectivity index (χ0n) is 18.4. The summed E-state index contributed by atoms with van der Waals surface area (Å²) in [5.74, 6) is -0.411. The van der Waals surface area contributed by atoms with Gasteiger partial charge >= 0.3 is 0 Å². The lowest BCUT2D eigenvalue weighted by Crippen LogP contribution is -2.36. The van der Waals surface area contributed by atoms with Crippen LogP contribution in [0.1, 0.15) is 76.6 Å². The molecule has 158 valence electrons. The summed E-state index contributed by atoms with van der Waals surface area (Å²) in [4.78, 5) is 40.7. The third-order valence-electron chi connectivity index (χ3n) is 5.41. The number of aromatic nitrogens is 3. The van der Waals surface area contributed by atoms with Crippen LogP contribution in [-0.2, 0) is 23.3 Å². The molecular weight excluding hydrogens is 370 g/mol. The van der Waals surface area contributed by atoms with Crippen molar-refractivity contribution in [2.75, 3.05) is 0 Å². The smallest absolute Gasteiger partial charge is 0.280 e. The molecule has 0 bridgehead atoms. The van der Waals surface area contributed by atoms with Crippen molar-refractivity contribution in [2.45, 2.75) is 85.5 Å². The number of nitrogens with one attached hydrogen (secondary N) is 1. The van der Waals surface area contributed by atoms with Crippen molar-refractivity contribution in [1.29, 1.82) is 0 Å². The van der Waals surface area contributed by atoms with E-state index in [0.717, 1.165) is 12.1 Å². The maximum absolute atomic E-state index is 13.2. The maximum Gasteiger partial charge on any atom is 0.280 e. The van der Waals surface area contributed by atoms with E-state index in [1.807, 2.05) is 54.5 Å². The molecule has 0 saturated heterocycles. The monoisotopic (exact) mass is 401 g/mol. The Labute approximate surface area is 170 Å². The van der Waals surface area contributed by atoms with E-state index in [1.165, 1.54) is 4.52 Å². The summed E-state index contributed by atoms with van der Waals surface area (Å²) >= 11 is 0. The number of hydrogen-bond donors (Lipinski definition) is 1. The van der Waals surface area contributed by atoms with E-state index in [2.05, 4.69) is 10.4 Å². The van der Waals surface area contributed by atoms with Gasteiger partial charge in [-0.05, 0) is 27.2 Å². The summed E-state index contributed by atoms with van der Waals surface area (Å²) in [5, 5.41) is 7.39. The van der Waals surface area contributed by atoms with Gasteiger partial charge in [0.15, 0.2) is 0 Å². The van der Waals surface area contributed by atoms with Crippen molar-refractivity contribution in [3.05, 3.63) is 33.4 Å². The molecule has 2 aromatic heterocycles. The van der Waals surface area contributed by atoms with Crippen LogP contribution < -0.4 is 10.9 Å². The summed E-state index contributed by atoms with van der Waals surface area (Å²) in [7, 11) is 0. The van der Waals surface area contributed by atoms with Gasteiger partial charge in [0.25, 0.3) is 11.5 Å². The van der Waals surface area contributed by atoms with Crippen LogP contribution in [0.5, 0.6) is 0 Å². The quantitative estimate of drug-likeness (QED) is 0.831. The topological polar surface area (TPSA) is 88.7 Å². The third-order valence-corrected chi connectivity index (χ3v) is 5.41. The minimum Gasteiger partial charge on any atom is -0.352 e. The van der Waals surface area contributed by atoms with Gasteiger partial charge in [-0.2, -0.15) is 9.61 Å². The molecule has 1 unspecified atom stereocenters. The second-order valence-corrected chi connectivity index (χ2v) is 9.18. The van der Waals surface area contributed by atoms with Gasteiger partial charge in [-0.15, -0.1) is 0 Å². The summed E-state index contributed by atoms with van der Waals surface area (Å²) in [6.45, 7) is 14.0. The van der Waals surface area contributed by atoms with Crippen LogP contribution in [0, 0.1) is 0 Å². The molecule has 1 aliphatic heterocycles. The average Bonchev–Trinajstić information content (AvgIpc) is 3.20. The van der Waals surface area contributed by atoms with Crippen LogP contribution in [0.4, 0.5) is 0 Å². The van der Waals surface area contributed by atoms with E-state index >= 15 is 0 Å². The van der Waals surface area contributed by atoms with Gasteiger partial charge in [-0.1, -0.05) is 27.7 Å². The number of nitrogens with zero attached hydrogens (tertiary/aromatic N) is 4. The molecular formula is C21H31N5O3. The van der Waals surface area contributed by atoms with Crippen LogP contribution in [0.2, 0.25) is 0 Å². The van der Waals surface area contributed by atoms with Crippen molar-refractivity contribution >= 4 is 17.5 Å². The number of rotatable bonds is 5. The van der Waals surface area contributed by atoms with Crippen LogP contribution in [0.3, 0.4) is 0 Å². The third kappa shape index (κ3) is 3.68. The highest BCUT2D eigenvalue weighted by molar-refractivity contribution is 5.98. The minimum absolute atomic E-state index is 0.00435. The number of fused-ring (bicyclic) bond motifs is 2. The van der Waals surface area contributed by atoms with E-state index in [9.17, 15) is 14.4 Å².